The van der Waals surface area contributed by atoms with Gasteiger partial charge in [0.25, 0.3) is 0 Å². The maximum absolute atomic E-state index is 5.94. The lowest BCUT2D eigenvalue weighted by Crippen LogP contribution is -2.20. The van der Waals surface area contributed by atoms with Crippen LogP contribution in [0.2, 0.25) is 0 Å². The molecule has 0 bridgehead atoms. The first kappa shape index (κ1) is 12.9. The molecule has 1 saturated heterocycles. The largest absolute Gasteiger partial charge is 0.487 e. The molecule has 1 atom stereocenters. The predicted molar refractivity (Wildman–Crippen MR) is 74.2 cm³/mol. The molecule has 4 heteroatoms. The molecule has 0 amide bonds. The zero-order valence-corrected chi connectivity index (χ0v) is 11.5. The van der Waals surface area contributed by atoms with Gasteiger partial charge in [0.2, 0.25) is 0 Å². The van der Waals surface area contributed by atoms with Crippen molar-refractivity contribution in [3.05, 3.63) is 18.2 Å². The van der Waals surface area contributed by atoms with E-state index in [0.717, 1.165) is 31.1 Å². The van der Waals surface area contributed by atoms with Crippen LogP contribution < -0.4 is 10.1 Å². The van der Waals surface area contributed by atoms with Gasteiger partial charge in [0.1, 0.15) is 5.82 Å². The van der Waals surface area contributed by atoms with Gasteiger partial charge in [-0.2, -0.15) is 0 Å². The summed E-state index contributed by atoms with van der Waals surface area (Å²) in [6, 6.07) is 0. The number of ether oxygens (including phenoxy) is 1. The highest BCUT2D eigenvalue weighted by Gasteiger charge is 2.17. The minimum absolute atomic E-state index is 0.377. The Bertz CT molecular complexity index is 381. The van der Waals surface area contributed by atoms with Crippen LogP contribution in [0.1, 0.15) is 44.3 Å². The molecule has 2 heterocycles. The number of nitrogens with one attached hydrogen (secondary N) is 1. The quantitative estimate of drug-likeness (QED) is 0.903. The van der Waals surface area contributed by atoms with E-state index >= 15 is 0 Å². The monoisotopic (exact) mass is 261 g/mol. The number of hydrogen-bond donors (Lipinski definition) is 1. The van der Waals surface area contributed by atoms with E-state index in [2.05, 4.69) is 15.3 Å². The minimum atomic E-state index is 0.377. The van der Waals surface area contributed by atoms with Crippen LogP contribution in [0.4, 0.5) is 0 Å². The van der Waals surface area contributed by atoms with Gasteiger partial charge in [-0.1, -0.05) is 6.42 Å². The molecule has 104 valence electrons. The van der Waals surface area contributed by atoms with E-state index < -0.39 is 0 Å². The number of nitrogens with zero attached hydrogens (tertiary/aromatic N) is 2. The van der Waals surface area contributed by atoms with E-state index in [1.165, 1.54) is 38.5 Å². The van der Waals surface area contributed by atoms with Crippen molar-refractivity contribution in [1.82, 2.24) is 15.3 Å². The van der Waals surface area contributed by atoms with Gasteiger partial charge < -0.3 is 10.1 Å². The molecule has 0 spiro atoms. The highest BCUT2D eigenvalue weighted by atomic mass is 16.5. The van der Waals surface area contributed by atoms with E-state index in [9.17, 15) is 0 Å². The lowest BCUT2D eigenvalue weighted by atomic mass is 9.98. The molecule has 1 aromatic rings. The highest BCUT2D eigenvalue weighted by molar-refractivity contribution is 5.13. The topological polar surface area (TPSA) is 47.0 Å². The molecule has 2 aliphatic rings. The summed E-state index contributed by atoms with van der Waals surface area (Å²) in [5.41, 5.74) is 0. The lowest BCUT2D eigenvalue weighted by Gasteiger charge is -2.22. The lowest BCUT2D eigenvalue weighted by molar-refractivity contribution is 0.153. The molecule has 1 unspecified atom stereocenters. The minimum Gasteiger partial charge on any atom is -0.487 e. The Morgan fingerprint density at radius 3 is 2.58 bits per heavy atom. The number of hydrogen-bond acceptors (Lipinski definition) is 4. The van der Waals surface area contributed by atoms with Gasteiger partial charge >= 0.3 is 0 Å². The normalized spacial score (nSPS) is 24.5. The van der Waals surface area contributed by atoms with E-state index in [0.29, 0.717) is 12.0 Å². The zero-order valence-electron chi connectivity index (χ0n) is 11.5. The van der Waals surface area contributed by atoms with E-state index in [4.69, 9.17) is 4.74 Å². The summed E-state index contributed by atoms with van der Waals surface area (Å²) in [5.74, 6) is 2.48. The number of rotatable bonds is 4. The smallest absolute Gasteiger partial charge is 0.156 e. The molecule has 3 rings (SSSR count). The summed E-state index contributed by atoms with van der Waals surface area (Å²) in [4.78, 5) is 8.89. The van der Waals surface area contributed by atoms with Crippen molar-refractivity contribution in [2.45, 2.75) is 51.0 Å². The first-order valence-electron chi connectivity index (χ1n) is 7.58. The fraction of sp³-hybridized carbons (Fsp3) is 0.733. The summed E-state index contributed by atoms with van der Waals surface area (Å²) in [6.07, 6.45) is 12.6. The first-order chi connectivity index (χ1) is 9.40. The van der Waals surface area contributed by atoms with Gasteiger partial charge in [-0.3, -0.25) is 0 Å². The number of aromatic nitrogens is 2. The van der Waals surface area contributed by atoms with Gasteiger partial charge in [0, 0.05) is 6.42 Å². The Kier molecular flexibility index (Phi) is 4.28. The summed E-state index contributed by atoms with van der Waals surface area (Å²) < 4.78 is 5.94. The summed E-state index contributed by atoms with van der Waals surface area (Å²) >= 11 is 0. The Hall–Kier alpha value is -1.16. The standard InChI is InChI=1S/C15H23N3O/c1-2-4-13(5-3-1)19-14-10-17-15(18-11-14)8-12-6-7-16-9-12/h10-13,16H,1-9H2. The van der Waals surface area contributed by atoms with Crippen molar-refractivity contribution in [2.24, 2.45) is 5.92 Å². The van der Waals surface area contributed by atoms with Crippen molar-refractivity contribution < 1.29 is 4.74 Å². The second kappa shape index (κ2) is 6.33. The van der Waals surface area contributed by atoms with E-state index in [-0.39, 0.29) is 0 Å². The Balaban J connectivity index is 1.52. The molecule has 1 aliphatic heterocycles. The molecular formula is C15H23N3O. The van der Waals surface area contributed by atoms with Crippen molar-refractivity contribution in [3.63, 3.8) is 0 Å². The molecule has 1 N–H and O–H groups in total. The fourth-order valence-electron chi connectivity index (χ4n) is 3.03. The molecule has 1 saturated carbocycles. The first-order valence-corrected chi connectivity index (χ1v) is 7.58. The average molecular weight is 261 g/mol. The van der Waals surface area contributed by atoms with Crippen molar-refractivity contribution in [1.29, 1.82) is 0 Å². The predicted octanol–water partition coefficient (Wildman–Crippen LogP) is 2.34. The third-order valence-corrected chi connectivity index (χ3v) is 4.17. The average Bonchev–Trinajstić information content (AvgIpc) is 2.95. The summed E-state index contributed by atoms with van der Waals surface area (Å²) in [5, 5.41) is 3.38. The van der Waals surface area contributed by atoms with Gasteiger partial charge in [-0.15, -0.1) is 0 Å². The van der Waals surface area contributed by atoms with Gasteiger partial charge in [0.05, 0.1) is 18.5 Å². The molecule has 0 radical (unpaired) electrons. The van der Waals surface area contributed by atoms with Crippen molar-refractivity contribution in [2.75, 3.05) is 13.1 Å². The van der Waals surface area contributed by atoms with Crippen LogP contribution in [0.5, 0.6) is 5.75 Å². The second-order valence-corrected chi connectivity index (χ2v) is 5.78. The highest BCUT2D eigenvalue weighted by Crippen LogP contribution is 2.22. The van der Waals surface area contributed by atoms with Crippen molar-refractivity contribution >= 4 is 0 Å². The van der Waals surface area contributed by atoms with Crippen LogP contribution in [0, 0.1) is 5.92 Å². The summed E-state index contributed by atoms with van der Waals surface area (Å²) in [7, 11) is 0. The Labute approximate surface area is 115 Å². The van der Waals surface area contributed by atoms with Crippen LogP contribution in [0.15, 0.2) is 12.4 Å². The SMILES string of the molecule is c1nc(CC2CCNC2)ncc1OC1CCCCC1. The molecule has 2 fully saturated rings. The van der Waals surface area contributed by atoms with Gasteiger partial charge in [-0.05, 0) is 51.1 Å². The van der Waals surface area contributed by atoms with E-state index in [1.807, 2.05) is 12.4 Å². The molecule has 4 nitrogen and oxygen atoms in total. The molecule has 0 aromatic carbocycles. The maximum atomic E-state index is 5.94. The molecule has 1 aromatic heterocycles. The third-order valence-electron chi connectivity index (χ3n) is 4.17. The van der Waals surface area contributed by atoms with E-state index in [1.54, 1.807) is 0 Å². The Morgan fingerprint density at radius 1 is 1.11 bits per heavy atom. The van der Waals surface area contributed by atoms with Gasteiger partial charge in [0.15, 0.2) is 5.75 Å². The zero-order chi connectivity index (χ0) is 12.9. The Morgan fingerprint density at radius 2 is 1.89 bits per heavy atom. The molecular weight excluding hydrogens is 238 g/mol. The summed E-state index contributed by atoms with van der Waals surface area (Å²) in [6.45, 7) is 2.23. The fourth-order valence-corrected chi connectivity index (χ4v) is 3.03. The van der Waals surface area contributed by atoms with Crippen LogP contribution in [-0.2, 0) is 6.42 Å². The third kappa shape index (κ3) is 3.66. The maximum Gasteiger partial charge on any atom is 0.156 e. The molecule has 1 aliphatic carbocycles. The van der Waals surface area contributed by atoms with Crippen LogP contribution >= 0.6 is 0 Å². The van der Waals surface area contributed by atoms with Crippen LogP contribution in [0.25, 0.3) is 0 Å². The second-order valence-electron chi connectivity index (χ2n) is 5.78. The van der Waals surface area contributed by atoms with Crippen molar-refractivity contribution in [3.8, 4) is 5.75 Å². The molecule has 19 heavy (non-hydrogen) atoms. The van der Waals surface area contributed by atoms with Gasteiger partial charge in [-0.25, -0.2) is 9.97 Å². The van der Waals surface area contributed by atoms with Crippen LogP contribution in [-0.4, -0.2) is 29.2 Å². The van der Waals surface area contributed by atoms with Crippen LogP contribution in [0.3, 0.4) is 0 Å².